The molecule has 0 aliphatic carbocycles. The first-order valence-electron chi connectivity index (χ1n) is 7.43. The first kappa shape index (κ1) is 20.4. The molecule has 4 nitrogen and oxygen atoms in total. The Morgan fingerprint density at radius 3 is 1.32 bits per heavy atom. The summed E-state index contributed by atoms with van der Waals surface area (Å²) in [6.45, 7) is 5.17. The highest BCUT2D eigenvalue weighted by molar-refractivity contribution is 5.91. The lowest BCUT2D eigenvalue weighted by Gasteiger charge is -2.00. The molecular weight excluding hydrogens is 238 g/mol. The van der Waals surface area contributed by atoms with Crippen LogP contribution in [0.4, 0.5) is 0 Å². The van der Waals surface area contributed by atoms with E-state index >= 15 is 0 Å². The molecule has 0 saturated carbocycles. The van der Waals surface area contributed by atoms with Crippen LogP contribution >= 0.6 is 0 Å². The van der Waals surface area contributed by atoms with Gasteiger partial charge in [-0.3, -0.25) is 4.79 Å². The summed E-state index contributed by atoms with van der Waals surface area (Å²) in [5, 5.41) is 0. The predicted molar refractivity (Wildman–Crippen MR) is 83.7 cm³/mol. The minimum atomic E-state index is -0.345. The van der Waals surface area contributed by atoms with E-state index in [-0.39, 0.29) is 5.91 Å². The molecule has 0 aromatic heterocycles. The molecule has 0 aliphatic rings. The monoisotopic (exact) mass is 271 g/mol. The van der Waals surface area contributed by atoms with Gasteiger partial charge in [0.2, 0.25) is 5.91 Å². The number of rotatable bonds is 10. The Kier molecular flexibility index (Phi) is 18.4. The van der Waals surface area contributed by atoms with Crippen molar-refractivity contribution in [2.45, 2.75) is 65.2 Å². The lowest BCUT2D eigenvalue weighted by atomic mass is 10.1. The molecule has 0 radical (unpaired) electrons. The largest absolute Gasteiger partial charge is 0.366 e. The Hall–Kier alpha value is -0.870. The number of hydrogen-bond acceptors (Lipinski definition) is 3. The molecule has 0 spiro atoms. The minimum Gasteiger partial charge on any atom is -0.366 e. The van der Waals surface area contributed by atoms with Crippen LogP contribution in [0.2, 0.25) is 0 Å². The van der Waals surface area contributed by atoms with Crippen LogP contribution in [0, 0.1) is 0 Å². The standard InChI is InChI=1S/C10H24N2.C5H9NO/c11-9-7-5-3-1-2-4-6-8-10-12;1-3-4(2)5(6)7/h1-12H2;3H,1-2H3,(H2,6,7). The molecule has 0 aromatic rings. The molecule has 6 N–H and O–H groups in total. The highest BCUT2D eigenvalue weighted by atomic mass is 16.1. The summed E-state index contributed by atoms with van der Waals surface area (Å²) in [5.74, 6) is -0.345. The van der Waals surface area contributed by atoms with Crippen LogP contribution in [0.5, 0.6) is 0 Å². The lowest BCUT2D eigenvalue weighted by molar-refractivity contribution is -0.114. The zero-order valence-electron chi connectivity index (χ0n) is 12.8. The third kappa shape index (κ3) is 19.6. The summed E-state index contributed by atoms with van der Waals surface area (Å²) in [6.07, 6.45) is 12.2. The van der Waals surface area contributed by atoms with Crippen molar-refractivity contribution in [2.75, 3.05) is 13.1 Å². The van der Waals surface area contributed by atoms with Crippen LogP contribution < -0.4 is 17.2 Å². The molecule has 0 aromatic carbocycles. The fourth-order valence-electron chi connectivity index (χ4n) is 1.49. The summed E-state index contributed by atoms with van der Waals surface area (Å²) in [6, 6.07) is 0. The zero-order chi connectivity index (χ0) is 14.9. The molecule has 0 unspecified atom stereocenters. The molecule has 0 rings (SSSR count). The Morgan fingerprint density at radius 2 is 1.16 bits per heavy atom. The molecule has 0 heterocycles. The van der Waals surface area contributed by atoms with Crippen molar-refractivity contribution in [1.29, 1.82) is 0 Å². The maximum absolute atomic E-state index is 10.1. The Morgan fingerprint density at radius 1 is 0.842 bits per heavy atom. The van der Waals surface area contributed by atoms with Crippen molar-refractivity contribution in [3.8, 4) is 0 Å². The van der Waals surface area contributed by atoms with Gasteiger partial charge in [-0.2, -0.15) is 0 Å². The number of nitrogens with two attached hydrogens (primary N) is 3. The van der Waals surface area contributed by atoms with Crippen LogP contribution in [-0.2, 0) is 4.79 Å². The molecule has 19 heavy (non-hydrogen) atoms. The van der Waals surface area contributed by atoms with E-state index in [9.17, 15) is 4.79 Å². The van der Waals surface area contributed by atoms with Crippen molar-refractivity contribution >= 4 is 5.91 Å². The zero-order valence-corrected chi connectivity index (χ0v) is 12.8. The van der Waals surface area contributed by atoms with Gasteiger partial charge in [0, 0.05) is 5.57 Å². The number of hydrogen-bond donors (Lipinski definition) is 3. The number of primary amides is 1. The van der Waals surface area contributed by atoms with Crippen LogP contribution in [0.25, 0.3) is 0 Å². The van der Waals surface area contributed by atoms with Gasteiger partial charge in [0.15, 0.2) is 0 Å². The third-order valence-electron chi connectivity index (χ3n) is 2.98. The van der Waals surface area contributed by atoms with Crippen molar-refractivity contribution in [3.05, 3.63) is 11.6 Å². The second kappa shape index (κ2) is 17.1. The average molecular weight is 271 g/mol. The van der Waals surface area contributed by atoms with E-state index < -0.39 is 0 Å². The first-order valence-corrected chi connectivity index (χ1v) is 7.43. The topological polar surface area (TPSA) is 95.1 Å². The van der Waals surface area contributed by atoms with E-state index in [1.165, 1.54) is 51.4 Å². The molecule has 0 fully saturated rings. The van der Waals surface area contributed by atoms with Crippen molar-refractivity contribution < 1.29 is 4.79 Å². The second-order valence-corrected chi connectivity index (χ2v) is 4.74. The fourth-order valence-corrected chi connectivity index (χ4v) is 1.49. The van der Waals surface area contributed by atoms with Crippen LogP contribution in [0.1, 0.15) is 65.2 Å². The third-order valence-corrected chi connectivity index (χ3v) is 2.98. The lowest BCUT2D eigenvalue weighted by Crippen LogP contribution is -2.10. The Balaban J connectivity index is 0. The van der Waals surface area contributed by atoms with E-state index in [1.807, 2.05) is 0 Å². The van der Waals surface area contributed by atoms with Crippen molar-refractivity contribution in [2.24, 2.45) is 17.2 Å². The number of carbonyl (C=O) groups excluding carboxylic acids is 1. The summed E-state index contributed by atoms with van der Waals surface area (Å²) >= 11 is 0. The summed E-state index contributed by atoms with van der Waals surface area (Å²) in [5.41, 5.74) is 16.2. The Labute approximate surface area is 118 Å². The first-order chi connectivity index (χ1) is 9.09. The summed E-state index contributed by atoms with van der Waals surface area (Å²) in [7, 11) is 0. The van der Waals surface area contributed by atoms with Crippen LogP contribution in [0.3, 0.4) is 0 Å². The highest BCUT2D eigenvalue weighted by Crippen LogP contribution is 2.07. The van der Waals surface area contributed by atoms with E-state index in [0.717, 1.165) is 13.1 Å². The molecule has 1 amide bonds. The van der Waals surface area contributed by atoms with Gasteiger partial charge < -0.3 is 17.2 Å². The normalized spacial score (nSPS) is 10.8. The smallest absolute Gasteiger partial charge is 0.243 e. The number of unbranched alkanes of at least 4 members (excludes halogenated alkanes) is 7. The Bertz CT molecular complexity index is 217. The van der Waals surface area contributed by atoms with Gasteiger partial charge >= 0.3 is 0 Å². The number of amides is 1. The minimum absolute atomic E-state index is 0.345. The second-order valence-electron chi connectivity index (χ2n) is 4.74. The summed E-state index contributed by atoms with van der Waals surface area (Å²) in [4.78, 5) is 10.1. The van der Waals surface area contributed by atoms with Gasteiger partial charge in [-0.15, -0.1) is 0 Å². The molecule has 114 valence electrons. The fraction of sp³-hybridized carbons (Fsp3) is 0.800. The molecular formula is C15H33N3O. The maximum atomic E-state index is 10.1. The molecule has 0 aliphatic heterocycles. The van der Waals surface area contributed by atoms with E-state index in [4.69, 9.17) is 17.2 Å². The van der Waals surface area contributed by atoms with Gasteiger partial charge in [0.05, 0.1) is 0 Å². The van der Waals surface area contributed by atoms with E-state index in [2.05, 4.69) is 0 Å². The molecule has 0 bridgehead atoms. The molecule has 4 heteroatoms. The SMILES string of the molecule is CC=C(C)C(N)=O.NCCCCCCCCCCN. The van der Waals surface area contributed by atoms with Gasteiger partial charge in [-0.05, 0) is 39.8 Å². The average Bonchev–Trinajstić information content (AvgIpc) is 2.41. The maximum Gasteiger partial charge on any atom is 0.243 e. The van der Waals surface area contributed by atoms with Crippen LogP contribution in [-0.4, -0.2) is 19.0 Å². The predicted octanol–water partition coefficient (Wildman–Crippen LogP) is 2.46. The summed E-state index contributed by atoms with van der Waals surface area (Å²) < 4.78 is 0. The van der Waals surface area contributed by atoms with E-state index in [0.29, 0.717) is 5.57 Å². The van der Waals surface area contributed by atoms with E-state index in [1.54, 1.807) is 19.9 Å². The van der Waals surface area contributed by atoms with Gasteiger partial charge in [0.25, 0.3) is 0 Å². The van der Waals surface area contributed by atoms with Gasteiger partial charge in [0.1, 0.15) is 0 Å². The van der Waals surface area contributed by atoms with Crippen molar-refractivity contribution in [3.63, 3.8) is 0 Å². The van der Waals surface area contributed by atoms with Crippen molar-refractivity contribution in [1.82, 2.24) is 0 Å². The number of allylic oxidation sites excluding steroid dienone is 1. The highest BCUT2D eigenvalue weighted by Gasteiger charge is 1.90. The molecule has 0 atom stereocenters. The molecule has 0 saturated heterocycles. The van der Waals surface area contributed by atoms with Crippen LogP contribution in [0.15, 0.2) is 11.6 Å². The number of carbonyl (C=O) groups is 1. The van der Waals surface area contributed by atoms with Gasteiger partial charge in [-0.25, -0.2) is 0 Å². The van der Waals surface area contributed by atoms with Gasteiger partial charge in [-0.1, -0.05) is 44.6 Å². The quantitative estimate of drug-likeness (QED) is 0.421.